The van der Waals surface area contributed by atoms with E-state index in [0.29, 0.717) is 0 Å². The Morgan fingerprint density at radius 3 is 2.10 bits per heavy atom. The quantitative estimate of drug-likeness (QED) is 0.362. The van der Waals surface area contributed by atoms with Crippen molar-refractivity contribution in [3.63, 3.8) is 0 Å². The lowest BCUT2D eigenvalue weighted by Gasteiger charge is -2.11. The minimum Gasteiger partial charge on any atom is -0.322 e. The van der Waals surface area contributed by atoms with Gasteiger partial charge in [0.05, 0.1) is 0 Å². The lowest BCUT2D eigenvalue weighted by atomic mass is 10.1. The topological polar surface area (TPSA) is 69.6 Å². The number of carbonyl (C=O) groups is 2. The first kappa shape index (κ1) is 7.01. The molecule has 1 aliphatic heterocycles. The summed E-state index contributed by atoms with van der Waals surface area (Å²) < 4.78 is 0. The van der Waals surface area contributed by atoms with Crippen LogP contribution in [-0.4, -0.2) is 27.7 Å². The maximum atomic E-state index is 10.8. The highest BCUT2D eigenvalue weighted by molar-refractivity contribution is 6.05. The molecule has 0 atom stereocenters. The van der Waals surface area contributed by atoms with Crippen LogP contribution in [0.4, 0.5) is 4.79 Å². The van der Waals surface area contributed by atoms with Crippen molar-refractivity contribution >= 4 is 11.9 Å². The van der Waals surface area contributed by atoms with E-state index in [9.17, 15) is 9.59 Å². The second-order valence-corrected chi connectivity index (χ2v) is 2.67. The Hall–Kier alpha value is -1.10. The lowest BCUT2D eigenvalue weighted by molar-refractivity contribution is -0.151. The average molecular weight is 144 g/mol. The number of rotatable bonds is 0. The normalized spacial score (nSPS) is 23.3. The van der Waals surface area contributed by atoms with Crippen molar-refractivity contribution < 1.29 is 14.8 Å². The smallest absolute Gasteiger partial charge is 0.322 e. The minimum absolute atomic E-state index is 0.0833. The molecule has 0 aromatic carbocycles. The van der Waals surface area contributed by atoms with E-state index in [-0.39, 0.29) is 5.06 Å². The van der Waals surface area contributed by atoms with Crippen molar-refractivity contribution in [3.05, 3.63) is 0 Å². The number of hydrogen-bond donors (Lipinski definition) is 2. The summed E-state index contributed by atoms with van der Waals surface area (Å²) in [5, 5.41) is 11.0. The molecule has 1 aliphatic rings. The second kappa shape index (κ2) is 1.69. The molecule has 0 spiro atoms. The number of hydroxylamine groups is 2. The maximum absolute atomic E-state index is 10.8. The summed E-state index contributed by atoms with van der Waals surface area (Å²) in [5.74, 6) is -0.627. The van der Waals surface area contributed by atoms with Gasteiger partial charge in [-0.25, -0.2) is 4.79 Å². The van der Waals surface area contributed by atoms with Crippen molar-refractivity contribution in [1.29, 1.82) is 0 Å². The SMILES string of the molecule is CC1(C)NC(=O)N(O)C1=O. The number of imide groups is 1. The fraction of sp³-hybridized carbons (Fsp3) is 0.600. The summed E-state index contributed by atoms with van der Waals surface area (Å²) in [6.45, 7) is 3.03. The summed E-state index contributed by atoms with van der Waals surface area (Å²) in [5.41, 5.74) is -0.966. The Bertz CT molecular complexity index is 199. The van der Waals surface area contributed by atoms with Gasteiger partial charge in [0, 0.05) is 0 Å². The van der Waals surface area contributed by atoms with Gasteiger partial charge in [-0.1, -0.05) is 0 Å². The van der Waals surface area contributed by atoms with Gasteiger partial charge in [0.25, 0.3) is 5.91 Å². The van der Waals surface area contributed by atoms with Gasteiger partial charge in [-0.3, -0.25) is 10.0 Å². The van der Waals surface area contributed by atoms with Crippen LogP contribution in [0.2, 0.25) is 0 Å². The standard InChI is InChI=1S/C5H8N2O3/c1-5(2)3(8)7(10)4(9)6-5/h10H,1-2H3,(H,6,9). The number of nitrogens with one attached hydrogen (secondary N) is 1. The summed E-state index contributed by atoms with van der Waals surface area (Å²) in [4.78, 5) is 21.4. The third-order valence-corrected chi connectivity index (χ3v) is 1.34. The van der Waals surface area contributed by atoms with E-state index >= 15 is 0 Å². The molecule has 56 valence electrons. The van der Waals surface area contributed by atoms with Crippen molar-refractivity contribution in [2.75, 3.05) is 0 Å². The highest BCUT2D eigenvalue weighted by atomic mass is 16.5. The summed E-state index contributed by atoms with van der Waals surface area (Å²) in [6, 6.07) is -0.769. The molecule has 10 heavy (non-hydrogen) atoms. The molecule has 0 bridgehead atoms. The Morgan fingerprint density at radius 1 is 1.50 bits per heavy atom. The molecule has 0 radical (unpaired) electrons. The molecule has 2 N–H and O–H groups in total. The Labute approximate surface area is 57.6 Å². The zero-order valence-electron chi connectivity index (χ0n) is 5.71. The van der Waals surface area contributed by atoms with Gasteiger partial charge in [-0.05, 0) is 13.8 Å². The van der Waals surface area contributed by atoms with Gasteiger partial charge in [0.1, 0.15) is 5.54 Å². The molecule has 5 nitrogen and oxygen atoms in total. The number of urea groups is 1. The first-order valence-electron chi connectivity index (χ1n) is 2.81. The largest absolute Gasteiger partial charge is 0.349 e. The van der Waals surface area contributed by atoms with Crippen LogP contribution in [0.1, 0.15) is 13.8 Å². The summed E-state index contributed by atoms with van der Waals surface area (Å²) in [7, 11) is 0. The van der Waals surface area contributed by atoms with Crippen LogP contribution in [-0.2, 0) is 4.79 Å². The summed E-state index contributed by atoms with van der Waals surface area (Å²) >= 11 is 0. The van der Waals surface area contributed by atoms with E-state index in [4.69, 9.17) is 5.21 Å². The molecule has 5 heteroatoms. The van der Waals surface area contributed by atoms with E-state index in [0.717, 1.165) is 0 Å². The van der Waals surface area contributed by atoms with E-state index in [1.807, 2.05) is 0 Å². The Kier molecular flexibility index (Phi) is 1.19. The maximum Gasteiger partial charge on any atom is 0.349 e. The number of amides is 3. The van der Waals surface area contributed by atoms with Gasteiger partial charge >= 0.3 is 6.03 Å². The molecule has 0 saturated carbocycles. The van der Waals surface area contributed by atoms with E-state index in [1.165, 1.54) is 13.8 Å². The molecule has 1 fully saturated rings. The van der Waals surface area contributed by atoms with Crippen LogP contribution in [0.15, 0.2) is 0 Å². The minimum atomic E-state index is -0.966. The first-order valence-corrected chi connectivity index (χ1v) is 2.81. The van der Waals surface area contributed by atoms with E-state index < -0.39 is 17.5 Å². The van der Waals surface area contributed by atoms with Gasteiger partial charge in [-0.2, -0.15) is 0 Å². The molecular weight excluding hydrogens is 136 g/mol. The molecule has 1 rings (SSSR count). The van der Waals surface area contributed by atoms with Crippen LogP contribution < -0.4 is 5.32 Å². The van der Waals surface area contributed by atoms with Crippen LogP contribution in [0, 0.1) is 0 Å². The zero-order valence-corrected chi connectivity index (χ0v) is 5.71. The molecule has 3 amide bonds. The molecule has 0 unspecified atom stereocenters. The van der Waals surface area contributed by atoms with Crippen LogP contribution in [0.25, 0.3) is 0 Å². The van der Waals surface area contributed by atoms with Crippen molar-refractivity contribution in [1.82, 2.24) is 10.4 Å². The Balaban J connectivity index is 2.92. The fourth-order valence-electron chi connectivity index (χ4n) is 0.731. The average Bonchev–Trinajstić information content (AvgIpc) is 1.95. The van der Waals surface area contributed by atoms with Gasteiger partial charge < -0.3 is 5.32 Å². The van der Waals surface area contributed by atoms with E-state index in [2.05, 4.69) is 5.32 Å². The predicted octanol–water partition coefficient (Wildman–Crippen LogP) is -0.294. The lowest BCUT2D eigenvalue weighted by Crippen LogP contribution is -2.40. The predicted molar refractivity (Wildman–Crippen MR) is 31.2 cm³/mol. The molecule has 1 saturated heterocycles. The molecule has 0 aromatic rings. The van der Waals surface area contributed by atoms with E-state index in [1.54, 1.807) is 0 Å². The third kappa shape index (κ3) is 0.750. The number of carbonyl (C=O) groups excluding carboxylic acids is 2. The van der Waals surface area contributed by atoms with Gasteiger partial charge in [-0.15, -0.1) is 5.06 Å². The Morgan fingerprint density at radius 2 is 2.00 bits per heavy atom. The highest BCUT2D eigenvalue weighted by Crippen LogP contribution is 2.13. The second-order valence-electron chi connectivity index (χ2n) is 2.67. The fourth-order valence-corrected chi connectivity index (χ4v) is 0.731. The zero-order chi connectivity index (χ0) is 7.94. The van der Waals surface area contributed by atoms with Crippen LogP contribution in [0.3, 0.4) is 0 Å². The van der Waals surface area contributed by atoms with Gasteiger partial charge in [0.15, 0.2) is 0 Å². The summed E-state index contributed by atoms with van der Waals surface area (Å²) in [6.07, 6.45) is 0. The van der Waals surface area contributed by atoms with Crippen molar-refractivity contribution in [2.24, 2.45) is 0 Å². The third-order valence-electron chi connectivity index (χ3n) is 1.34. The van der Waals surface area contributed by atoms with Crippen molar-refractivity contribution in [2.45, 2.75) is 19.4 Å². The molecular formula is C5H8N2O3. The molecule has 1 heterocycles. The van der Waals surface area contributed by atoms with Crippen molar-refractivity contribution in [3.8, 4) is 0 Å². The number of nitrogens with zero attached hydrogens (tertiary/aromatic N) is 1. The van der Waals surface area contributed by atoms with Gasteiger partial charge in [0.2, 0.25) is 0 Å². The van der Waals surface area contributed by atoms with Crippen LogP contribution in [0.5, 0.6) is 0 Å². The number of hydrogen-bond acceptors (Lipinski definition) is 3. The monoisotopic (exact) mass is 144 g/mol. The molecule has 0 aromatic heterocycles. The first-order chi connectivity index (χ1) is 4.45. The molecule has 0 aliphatic carbocycles. The highest BCUT2D eigenvalue weighted by Gasteiger charge is 2.43. The van der Waals surface area contributed by atoms with Crippen LogP contribution >= 0.6 is 0 Å².